The van der Waals surface area contributed by atoms with E-state index in [1.54, 1.807) is 23.3 Å². The summed E-state index contributed by atoms with van der Waals surface area (Å²) < 4.78 is 10.7. The van der Waals surface area contributed by atoms with Gasteiger partial charge < -0.3 is 19.7 Å². The van der Waals surface area contributed by atoms with Crippen molar-refractivity contribution >= 4 is 17.2 Å². The van der Waals surface area contributed by atoms with E-state index in [1.807, 2.05) is 5.38 Å². The first-order valence-corrected chi connectivity index (χ1v) is 8.27. The minimum Gasteiger partial charge on any atom is -0.348 e. The van der Waals surface area contributed by atoms with Gasteiger partial charge in [0.15, 0.2) is 6.29 Å². The Kier molecular flexibility index (Phi) is 4.84. The van der Waals surface area contributed by atoms with Crippen molar-refractivity contribution in [3.63, 3.8) is 0 Å². The molecule has 2 aliphatic rings. The van der Waals surface area contributed by atoms with Gasteiger partial charge in [-0.1, -0.05) is 0 Å². The van der Waals surface area contributed by atoms with Gasteiger partial charge in [0.1, 0.15) is 5.69 Å². The number of ether oxygens (including phenoxy) is 2. The van der Waals surface area contributed by atoms with Crippen LogP contribution < -0.4 is 5.32 Å². The summed E-state index contributed by atoms with van der Waals surface area (Å²) in [6, 6.07) is 0. The van der Waals surface area contributed by atoms with Gasteiger partial charge in [-0.25, -0.2) is 4.98 Å². The van der Waals surface area contributed by atoms with Crippen molar-refractivity contribution < 1.29 is 14.3 Å². The summed E-state index contributed by atoms with van der Waals surface area (Å²) >= 11 is 1.60. The standard InChI is InChI=1S/C14H21N3O3S/c1-17(8-12-19-6-7-20-12)14(18)11-9-21-13(16-11)10-2-4-15-5-3-10/h9-10,12,15H,2-8H2,1H3. The fourth-order valence-corrected chi connectivity index (χ4v) is 3.62. The second kappa shape index (κ2) is 6.83. The van der Waals surface area contributed by atoms with Crippen LogP contribution in [0.4, 0.5) is 0 Å². The molecule has 2 fully saturated rings. The quantitative estimate of drug-likeness (QED) is 0.901. The van der Waals surface area contributed by atoms with Crippen LogP contribution in [0.25, 0.3) is 0 Å². The zero-order valence-corrected chi connectivity index (χ0v) is 13.0. The predicted octanol–water partition coefficient (Wildman–Crippen LogP) is 1.05. The third-order valence-electron chi connectivity index (χ3n) is 3.89. The van der Waals surface area contributed by atoms with Gasteiger partial charge in [-0.2, -0.15) is 0 Å². The van der Waals surface area contributed by atoms with Gasteiger partial charge in [0.05, 0.1) is 24.8 Å². The Bertz CT molecular complexity index is 482. The highest BCUT2D eigenvalue weighted by atomic mass is 32.1. The first-order valence-electron chi connectivity index (χ1n) is 7.39. The van der Waals surface area contributed by atoms with Crippen LogP contribution in [0.1, 0.15) is 34.3 Å². The molecule has 0 aliphatic carbocycles. The Morgan fingerprint density at radius 3 is 2.86 bits per heavy atom. The minimum absolute atomic E-state index is 0.0643. The summed E-state index contributed by atoms with van der Waals surface area (Å²) in [5, 5.41) is 6.30. The van der Waals surface area contributed by atoms with Gasteiger partial charge >= 0.3 is 0 Å². The summed E-state index contributed by atoms with van der Waals surface area (Å²) in [6.45, 7) is 3.71. The average molecular weight is 311 g/mol. The highest BCUT2D eigenvalue weighted by Crippen LogP contribution is 2.28. The molecule has 116 valence electrons. The zero-order valence-electron chi connectivity index (χ0n) is 12.2. The van der Waals surface area contributed by atoms with Crippen molar-refractivity contribution in [1.82, 2.24) is 15.2 Å². The summed E-state index contributed by atoms with van der Waals surface area (Å²) in [7, 11) is 1.76. The van der Waals surface area contributed by atoms with Crippen LogP contribution in [0.3, 0.4) is 0 Å². The molecule has 3 heterocycles. The van der Waals surface area contributed by atoms with Crippen LogP contribution in [0.15, 0.2) is 5.38 Å². The topological polar surface area (TPSA) is 63.7 Å². The fourth-order valence-electron chi connectivity index (χ4n) is 2.66. The van der Waals surface area contributed by atoms with E-state index in [0.717, 1.165) is 30.9 Å². The molecule has 0 radical (unpaired) electrons. The number of amides is 1. The lowest BCUT2D eigenvalue weighted by molar-refractivity contribution is -0.0543. The lowest BCUT2D eigenvalue weighted by Gasteiger charge is -2.20. The molecule has 2 saturated heterocycles. The Balaban J connectivity index is 1.60. The van der Waals surface area contributed by atoms with E-state index in [-0.39, 0.29) is 12.2 Å². The Morgan fingerprint density at radius 1 is 1.43 bits per heavy atom. The van der Waals surface area contributed by atoms with Crippen LogP contribution in [-0.2, 0) is 9.47 Å². The molecule has 1 aromatic rings. The highest BCUT2D eigenvalue weighted by molar-refractivity contribution is 7.09. The molecule has 1 aromatic heterocycles. The number of nitrogens with one attached hydrogen (secondary N) is 1. The number of hydrogen-bond acceptors (Lipinski definition) is 6. The molecular weight excluding hydrogens is 290 g/mol. The van der Waals surface area contributed by atoms with E-state index < -0.39 is 0 Å². The van der Waals surface area contributed by atoms with E-state index in [0.29, 0.717) is 31.4 Å². The van der Waals surface area contributed by atoms with Gasteiger partial charge in [0.2, 0.25) is 0 Å². The van der Waals surface area contributed by atoms with Crippen molar-refractivity contribution in [3.8, 4) is 0 Å². The largest absolute Gasteiger partial charge is 0.348 e. The molecule has 0 spiro atoms. The number of carbonyl (C=O) groups excluding carboxylic acids is 1. The second-order valence-electron chi connectivity index (χ2n) is 5.45. The van der Waals surface area contributed by atoms with Crippen LogP contribution in [0.5, 0.6) is 0 Å². The molecule has 6 nitrogen and oxygen atoms in total. The molecule has 7 heteroatoms. The Labute approximate surface area is 128 Å². The van der Waals surface area contributed by atoms with Crippen molar-refractivity contribution in [3.05, 3.63) is 16.1 Å². The maximum Gasteiger partial charge on any atom is 0.273 e. The molecule has 2 aliphatic heterocycles. The molecule has 0 unspecified atom stereocenters. The van der Waals surface area contributed by atoms with Crippen LogP contribution in [-0.4, -0.2) is 62.0 Å². The normalized spacial score (nSPS) is 20.8. The van der Waals surface area contributed by atoms with Crippen molar-refractivity contribution in [2.24, 2.45) is 0 Å². The van der Waals surface area contributed by atoms with Crippen LogP contribution in [0, 0.1) is 0 Å². The monoisotopic (exact) mass is 311 g/mol. The van der Waals surface area contributed by atoms with Crippen molar-refractivity contribution in [2.75, 3.05) is 39.9 Å². The summed E-state index contributed by atoms with van der Waals surface area (Å²) in [5.74, 6) is 0.426. The molecule has 0 atom stereocenters. The first kappa shape index (κ1) is 14.9. The van der Waals surface area contributed by atoms with E-state index in [2.05, 4.69) is 10.3 Å². The lowest BCUT2D eigenvalue weighted by atomic mass is 9.99. The van der Waals surface area contributed by atoms with E-state index in [1.165, 1.54) is 0 Å². The number of aromatic nitrogens is 1. The molecule has 1 amide bonds. The summed E-state index contributed by atoms with van der Waals surface area (Å²) in [5.41, 5.74) is 0.536. The number of rotatable bonds is 4. The summed E-state index contributed by atoms with van der Waals surface area (Å²) in [4.78, 5) is 18.5. The molecule has 0 bridgehead atoms. The maximum absolute atomic E-state index is 12.4. The number of likely N-dealkylation sites (N-methyl/N-ethyl adjacent to an activating group) is 1. The minimum atomic E-state index is -0.304. The van der Waals surface area contributed by atoms with Gasteiger partial charge in [0, 0.05) is 18.3 Å². The van der Waals surface area contributed by atoms with E-state index in [4.69, 9.17) is 9.47 Å². The van der Waals surface area contributed by atoms with Gasteiger partial charge in [-0.3, -0.25) is 4.79 Å². The van der Waals surface area contributed by atoms with Crippen molar-refractivity contribution in [2.45, 2.75) is 25.0 Å². The molecule has 3 rings (SSSR count). The first-order chi connectivity index (χ1) is 10.2. The maximum atomic E-state index is 12.4. The van der Waals surface area contributed by atoms with Gasteiger partial charge in [-0.05, 0) is 25.9 Å². The average Bonchev–Trinajstić information content (AvgIpc) is 3.18. The highest BCUT2D eigenvalue weighted by Gasteiger charge is 2.24. The van der Waals surface area contributed by atoms with Crippen molar-refractivity contribution in [1.29, 1.82) is 0 Å². The van der Waals surface area contributed by atoms with Crippen LogP contribution >= 0.6 is 11.3 Å². The number of carbonyl (C=O) groups is 1. The SMILES string of the molecule is CN(CC1OCCO1)C(=O)c1csc(C2CCNCC2)n1. The van der Waals surface area contributed by atoms with Gasteiger partial charge in [0.25, 0.3) is 5.91 Å². The fraction of sp³-hybridized carbons (Fsp3) is 0.714. The number of hydrogen-bond donors (Lipinski definition) is 1. The van der Waals surface area contributed by atoms with Crippen LogP contribution in [0.2, 0.25) is 0 Å². The van der Waals surface area contributed by atoms with E-state index in [9.17, 15) is 4.79 Å². The van der Waals surface area contributed by atoms with E-state index >= 15 is 0 Å². The molecular formula is C14H21N3O3S. The second-order valence-corrected chi connectivity index (χ2v) is 6.34. The third-order valence-corrected chi connectivity index (χ3v) is 4.90. The molecule has 1 N–H and O–H groups in total. The predicted molar refractivity (Wildman–Crippen MR) is 79.6 cm³/mol. The number of thiazole rings is 1. The lowest BCUT2D eigenvalue weighted by Crippen LogP contribution is -2.35. The molecule has 21 heavy (non-hydrogen) atoms. The third kappa shape index (κ3) is 3.60. The molecule has 0 aromatic carbocycles. The summed E-state index contributed by atoms with van der Waals surface area (Å²) in [6.07, 6.45) is 1.89. The Hall–Kier alpha value is -1.02. The molecule has 0 saturated carbocycles. The Morgan fingerprint density at radius 2 is 2.14 bits per heavy atom. The zero-order chi connectivity index (χ0) is 14.7. The number of piperidine rings is 1. The number of nitrogens with zero attached hydrogens (tertiary/aromatic N) is 2. The smallest absolute Gasteiger partial charge is 0.273 e. The van der Waals surface area contributed by atoms with Gasteiger partial charge in [-0.15, -0.1) is 11.3 Å².